The summed E-state index contributed by atoms with van der Waals surface area (Å²) in [6.07, 6.45) is 2.05. The maximum Gasteiger partial charge on any atom is 0.331 e. The van der Waals surface area contributed by atoms with Gasteiger partial charge in [-0.25, -0.2) is 4.79 Å². The Balaban J connectivity index is 1.63. The van der Waals surface area contributed by atoms with Crippen LogP contribution in [0.25, 0.3) is 6.08 Å². The fourth-order valence-corrected chi connectivity index (χ4v) is 2.67. The van der Waals surface area contributed by atoms with E-state index in [0.29, 0.717) is 17.1 Å². The lowest BCUT2D eigenvalue weighted by atomic mass is 9.99. The molecular weight excluding hydrogens is 332 g/mol. The molecule has 0 aliphatic carbocycles. The van der Waals surface area contributed by atoms with Gasteiger partial charge in [-0.05, 0) is 56.2 Å². The summed E-state index contributed by atoms with van der Waals surface area (Å²) in [6.45, 7) is 5.56. The lowest BCUT2D eigenvalue weighted by molar-refractivity contribution is -0.140. The molecule has 2 aromatic rings. The van der Waals surface area contributed by atoms with Crippen molar-refractivity contribution in [2.24, 2.45) is 0 Å². The summed E-state index contributed by atoms with van der Waals surface area (Å²) >= 11 is 0. The van der Waals surface area contributed by atoms with Crippen LogP contribution in [0, 0.1) is 13.8 Å². The Bertz CT molecular complexity index is 882. The highest BCUT2D eigenvalue weighted by molar-refractivity contribution is 6.02. The molecule has 134 valence electrons. The van der Waals surface area contributed by atoms with Crippen LogP contribution >= 0.6 is 0 Å². The van der Waals surface area contributed by atoms with Crippen molar-refractivity contribution in [2.45, 2.75) is 26.9 Å². The van der Waals surface area contributed by atoms with E-state index in [0.717, 1.165) is 16.7 Å². The first-order chi connectivity index (χ1) is 12.4. The number of aryl methyl sites for hydroxylation is 2. The normalized spacial score (nSPS) is 13.7. The van der Waals surface area contributed by atoms with Gasteiger partial charge < -0.3 is 14.2 Å². The minimum atomic E-state index is -0.857. The number of esters is 1. The molecule has 0 spiro atoms. The molecule has 1 aliphatic rings. The van der Waals surface area contributed by atoms with Gasteiger partial charge in [0.1, 0.15) is 0 Å². The van der Waals surface area contributed by atoms with Crippen molar-refractivity contribution in [1.29, 1.82) is 0 Å². The second-order valence-corrected chi connectivity index (χ2v) is 6.21. The van der Waals surface area contributed by atoms with Gasteiger partial charge in [-0.1, -0.05) is 23.8 Å². The van der Waals surface area contributed by atoms with E-state index in [1.54, 1.807) is 25.1 Å². The summed E-state index contributed by atoms with van der Waals surface area (Å²) in [5, 5.41) is 0. The Hall–Kier alpha value is -3.08. The molecule has 5 nitrogen and oxygen atoms in total. The SMILES string of the molecule is Cc1ccc(C)c(C(=O)[C@@H](C)OC(=O)/C=C/c2ccc3c(c2)OCO3)c1. The molecule has 0 amide bonds. The zero-order valence-corrected chi connectivity index (χ0v) is 14.9. The molecule has 0 aromatic heterocycles. The first-order valence-electron chi connectivity index (χ1n) is 8.34. The predicted octanol–water partition coefficient (Wildman–Crippen LogP) is 3.86. The average molecular weight is 352 g/mol. The number of rotatable bonds is 5. The van der Waals surface area contributed by atoms with E-state index in [-0.39, 0.29) is 12.6 Å². The van der Waals surface area contributed by atoms with Crippen molar-refractivity contribution in [1.82, 2.24) is 0 Å². The molecule has 0 saturated heterocycles. The average Bonchev–Trinajstić information content (AvgIpc) is 3.09. The van der Waals surface area contributed by atoms with E-state index in [2.05, 4.69) is 0 Å². The standard InChI is InChI=1S/C21H20O5/c1-13-4-5-14(2)17(10-13)21(23)15(3)26-20(22)9-7-16-6-8-18-19(11-16)25-12-24-18/h4-11,15H,12H2,1-3H3/b9-7+/t15-/m1/s1. The van der Waals surface area contributed by atoms with Gasteiger partial charge in [0.25, 0.3) is 0 Å². The van der Waals surface area contributed by atoms with E-state index in [9.17, 15) is 9.59 Å². The van der Waals surface area contributed by atoms with E-state index in [1.807, 2.05) is 38.1 Å². The summed E-state index contributed by atoms with van der Waals surface area (Å²) in [6, 6.07) is 11.0. The number of Topliss-reactive ketones (excluding diaryl/α,β-unsaturated/α-hetero) is 1. The summed E-state index contributed by atoms with van der Waals surface area (Å²) in [7, 11) is 0. The summed E-state index contributed by atoms with van der Waals surface area (Å²) < 4.78 is 15.8. The molecule has 0 fully saturated rings. The van der Waals surface area contributed by atoms with E-state index < -0.39 is 12.1 Å². The smallest absolute Gasteiger partial charge is 0.331 e. The van der Waals surface area contributed by atoms with Crippen molar-refractivity contribution >= 4 is 17.8 Å². The Kier molecular flexibility index (Phi) is 5.07. The Labute approximate surface area is 152 Å². The number of fused-ring (bicyclic) bond motifs is 1. The van der Waals surface area contributed by atoms with Crippen molar-refractivity contribution in [3.63, 3.8) is 0 Å². The molecule has 1 aliphatic heterocycles. The number of ketones is 1. The first-order valence-corrected chi connectivity index (χ1v) is 8.34. The number of benzene rings is 2. The number of carbonyl (C=O) groups is 2. The number of carbonyl (C=O) groups excluding carboxylic acids is 2. The Morgan fingerprint density at radius 3 is 2.65 bits per heavy atom. The second-order valence-electron chi connectivity index (χ2n) is 6.21. The topological polar surface area (TPSA) is 61.8 Å². The third-order valence-corrected chi connectivity index (χ3v) is 4.13. The van der Waals surface area contributed by atoms with Crippen LogP contribution in [0.3, 0.4) is 0 Å². The zero-order chi connectivity index (χ0) is 18.7. The molecule has 0 N–H and O–H groups in total. The molecule has 5 heteroatoms. The van der Waals surface area contributed by atoms with Crippen LogP contribution in [0.4, 0.5) is 0 Å². The quantitative estimate of drug-likeness (QED) is 0.464. The highest BCUT2D eigenvalue weighted by Crippen LogP contribution is 2.32. The van der Waals surface area contributed by atoms with Crippen molar-refractivity contribution in [3.05, 3.63) is 64.7 Å². The third-order valence-electron chi connectivity index (χ3n) is 4.13. The maximum absolute atomic E-state index is 12.5. The minimum absolute atomic E-state index is 0.197. The van der Waals surface area contributed by atoms with Gasteiger partial charge in [-0.15, -0.1) is 0 Å². The Morgan fingerprint density at radius 2 is 1.85 bits per heavy atom. The third kappa shape index (κ3) is 3.94. The molecule has 0 bridgehead atoms. The molecular formula is C21H20O5. The van der Waals surface area contributed by atoms with Crippen molar-refractivity contribution in [2.75, 3.05) is 6.79 Å². The zero-order valence-electron chi connectivity index (χ0n) is 14.9. The van der Waals surface area contributed by atoms with Gasteiger partial charge in [-0.2, -0.15) is 0 Å². The fourth-order valence-electron chi connectivity index (χ4n) is 2.67. The minimum Gasteiger partial charge on any atom is -0.454 e. The number of hydrogen-bond donors (Lipinski definition) is 0. The van der Waals surface area contributed by atoms with Gasteiger partial charge in [0, 0.05) is 11.6 Å². The van der Waals surface area contributed by atoms with Crippen LogP contribution in [0.1, 0.15) is 34.0 Å². The van der Waals surface area contributed by atoms with Gasteiger partial charge in [0.15, 0.2) is 17.6 Å². The monoisotopic (exact) mass is 352 g/mol. The van der Waals surface area contributed by atoms with Crippen LogP contribution < -0.4 is 9.47 Å². The number of ether oxygens (including phenoxy) is 3. The highest BCUT2D eigenvalue weighted by Gasteiger charge is 2.20. The summed E-state index contributed by atoms with van der Waals surface area (Å²) in [5.41, 5.74) is 3.20. The summed E-state index contributed by atoms with van der Waals surface area (Å²) in [4.78, 5) is 24.6. The molecule has 0 saturated carbocycles. The van der Waals surface area contributed by atoms with E-state index >= 15 is 0 Å². The molecule has 2 aromatic carbocycles. The Morgan fingerprint density at radius 1 is 1.08 bits per heavy atom. The maximum atomic E-state index is 12.5. The van der Waals surface area contributed by atoms with Crippen LogP contribution in [0.5, 0.6) is 11.5 Å². The van der Waals surface area contributed by atoms with Gasteiger partial charge >= 0.3 is 5.97 Å². The van der Waals surface area contributed by atoms with Gasteiger partial charge in [-0.3, -0.25) is 4.79 Å². The van der Waals surface area contributed by atoms with Crippen LogP contribution in [0.15, 0.2) is 42.5 Å². The lowest BCUT2D eigenvalue weighted by Crippen LogP contribution is -2.24. The number of hydrogen-bond acceptors (Lipinski definition) is 5. The van der Waals surface area contributed by atoms with Crippen LogP contribution in [-0.2, 0) is 9.53 Å². The molecule has 0 unspecified atom stereocenters. The van der Waals surface area contributed by atoms with E-state index in [1.165, 1.54) is 6.08 Å². The second kappa shape index (κ2) is 7.44. The lowest BCUT2D eigenvalue weighted by Gasteiger charge is -2.13. The van der Waals surface area contributed by atoms with Crippen molar-refractivity contribution in [3.8, 4) is 11.5 Å². The highest BCUT2D eigenvalue weighted by atomic mass is 16.7. The molecule has 0 radical (unpaired) electrons. The fraction of sp³-hybridized carbons (Fsp3) is 0.238. The van der Waals surface area contributed by atoms with Gasteiger partial charge in [0.2, 0.25) is 12.6 Å². The largest absolute Gasteiger partial charge is 0.454 e. The molecule has 1 atom stereocenters. The predicted molar refractivity (Wildman–Crippen MR) is 97.4 cm³/mol. The first kappa shape index (κ1) is 17.7. The molecule has 26 heavy (non-hydrogen) atoms. The van der Waals surface area contributed by atoms with Crippen LogP contribution in [-0.4, -0.2) is 24.6 Å². The van der Waals surface area contributed by atoms with Crippen LogP contribution in [0.2, 0.25) is 0 Å². The summed E-state index contributed by atoms with van der Waals surface area (Å²) in [5.74, 6) is 0.529. The van der Waals surface area contributed by atoms with Crippen molar-refractivity contribution < 1.29 is 23.8 Å². The van der Waals surface area contributed by atoms with Gasteiger partial charge in [0.05, 0.1) is 0 Å². The molecule has 3 rings (SSSR count). The molecule has 1 heterocycles. The van der Waals surface area contributed by atoms with E-state index in [4.69, 9.17) is 14.2 Å².